The maximum atomic E-state index is 12.0. The number of nitrogens with zero attached hydrogens (tertiary/aromatic N) is 4. The van der Waals surface area contributed by atoms with Gasteiger partial charge in [-0.05, 0) is 34.2 Å². The molecule has 0 aliphatic carbocycles. The molecule has 1 aromatic rings. The van der Waals surface area contributed by atoms with E-state index in [0.717, 1.165) is 12.1 Å². The van der Waals surface area contributed by atoms with Crippen LogP contribution >= 0.6 is 0 Å². The molecule has 0 aromatic carbocycles. The smallest absolute Gasteiger partial charge is 0.410 e. The summed E-state index contributed by atoms with van der Waals surface area (Å²) in [6.07, 6.45) is 2.55. The minimum Gasteiger partial charge on any atom is -0.444 e. The summed E-state index contributed by atoms with van der Waals surface area (Å²) in [4.78, 5) is 13.7. The molecule has 0 saturated carbocycles. The molecule has 0 radical (unpaired) electrons. The number of likely N-dealkylation sites (tertiary alicyclic amines) is 1. The highest BCUT2D eigenvalue weighted by Crippen LogP contribution is 2.22. The number of hydrogen-bond acceptors (Lipinski definition) is 5. The van der Waals surface area contributed by atoms with Crippen molar-refractivity contribution in [2.45, 2.75) is 45.4 Å². The van der Waals surface area contributed by atoms with Gasteiger partial charge in [0.2, 0.25) is 0 Å². The first-order valence-corrected chi connectivity index (χ1v) is 6.92. The van der Waals surface area contributed by atoms with E-state index >= 15 is 0 Å². The molecule has 1 unspecified atom stereocenters. The van der Waals surface area contributed by atoms with Crippen LogP contribution in [0.15, 0.2) is 6.20 Å². The third-order valence-electron chi connectivity index (χ3n) is 3.10. The first kappa shape index (κ1) is 14.8. The van der Waals surface area contributed by atoms with E-state index in [1.165, 1.54) is 0 Å². The fraction of sp³-hybridized carbons (Fsp3) is 0.769. The Morgan fingerprint density at radius 2 is 2.30 bits per heavy atom. The summed E-state index contributed by atoms with van der Waals surface area (Å²) in [7, 11) is 1.87. The minimum atomic E-state index is -0.456. The van der Waals surface area contributed by atoms with Crippen LogP contribution in [0.1, 0.15) is 38.9 Å². The Kier molecular flexibility index (Phi) is 4.27. The summed E-state index contributed by atoms with van der Waals surface area (Å²) in [5, 5.41) is 11.3. The SMILES string of the molecule is CNCc1cn(C2CCN(C(=O)OC(C)(C)C)C2)nn1. The van der Waals surface area contributed by atoms with Gasteiger partial charge in [0.05, 0.1) is 17.9 Å². The molecule has 20 heavy (non-hydrogen) atoms. The Hall–Kier alpha value is -1.63. The van der Waals surface area contributed by atoms with Crippen molar-refractivity contribution < 1.29 is 9.53 Å². The number of ether oxygens (including phenoxy) is 1. The maximum Gasteiger partial charge on any atom is 0.410 e. The molecule has 112 valence electrons. The Morgan fingerprint density at radius 3 is 2.95 bits per heavy atom. The van der Waals surface area contributed by atoms with E-state index in [1.54, 1.807) is 4.90 Å². The predicted octanol–water partition coefficient (Wildman–Crippen LogP) is 1.18. The van der Waals surface area contributed by atoms with Crippen LogP contribution in [0, 0.1) is 0 Å². The second-order valence-electron chi connectivity index (χ2n) is 6.09. The van der Waals surface area contributed by atoms with Gasteiger partial charge in [0.15, 0.2) is 0 Å². The Balaban J connectivity index is 1.92. The molecule has 0 bridgehead atoms. The quantitative estimate of drug-likeness (QED) is 0.900. The lowest BCUT2D eigenvalue weighted by molar-refractivity contribution is 0.0288. The fourth-order valence-electron chi connectivity index (χ4n) is 2.20. The molecule has 0 spiro atoms. The van der Waals surface area contributed by atoms with Crippen LogP contribution in [0.2, 0.25) is 0 Å². The van der Waals surface area contributed by atoms with Crippen molar-refractivity contribution in [3.8, 4) is 0 Å². The molecule has 1 atom stereocenters. The van der Waals surface area contributed by atoms with Crippen molar-refractivity contribution in [1.82, 2.24) is 25.2 Å². The van der Waals surface area contributed by atoms with E-state index in [4.69, 9.17) is 4.74 Å². The highest BCUT2D eigenvalue weighted by molar-refractivity contribution is 5.68. The molecule has 1 aromatic heterocycles. The molecule has 1 amide bonds. The Morgan fingerprint density at radius 1 is 1.55 bits per heavy atom. The van der Waals surface area contributed by atoms with Gasteiger partial charge in [-0.3, -0.25) is 0 Å². The van der Waals surface area contributed by atoms with Crippen molar-refractivity contribution in [2.24, 2.45) is 0 Å². The van der Waals surface area contributed by atoms with Crippen LogP contribution < -0.4 is 5.32 Å². The van der Waals surface area contributed by atoms with Gasteiger partial charge in [-0.15, -0.1) is 5.10 Å². The maximum absolute atomic E-state index is 12.0. The van der Waals surface area contributed by atoms with Gasteiger partial charge < -0.3 is 15.0 Å². The van der Waals surface area contributed by atoms with Crippen molar-refractivity contribution in [1.29, 1.82) is 0 Å². The third kappa shape index (κ3) is 3.69. The number of nitrogens with one attached hydrogen (secondary N) is 1. The number of rotatable bonds is 3. The van der Waals surface area contributed by atoms with E-state index in [9.17, 15) is 4.79 Å². The summed E-state index contributed by atoms with van der Waals surface area (Å²) in [5.41, 5.74) is 0.450. The Bertz CT molecular complexity index is 466. The molecule has 1 saturated heterocycles. The molecule has 2 rings (SSSR count). The summed E-state index contributed by atoms with van der Waals surface area (Å²) < 4.78 is 7.23. The third-order valence-corrected chi connectivity index (χ3v) is 3.10. The monoisotopic (exact) mass is 281 g/mol. The highest BCUT2D eigenvalue weighted by atomic mass is 16.6. The molecule has 1 aliphatic rings. The lowest BCUT2D eigenvalue weighted by Crippen LogP contribution is -2.35. The minimum absolute atomic E-state index is 0.181. The van der Waals surface area contributed by atoms with Crippen molar-refractivity contribution in [3.05, 3.63) is 11.9 Å². The Labute approximate surface area is 119 Å². The molecule has 7 nitrogen and oxygen atoms in total. The van der Waals surface area contributed by atoms with Crippen molar-refractivity contribution in [2.75, 3.05) is 20.1 Å². The zero-order chi connectivity index (χ0) is 14.8. The van der Waals surface area contributed by atoms with Gasteiger partial charge in [0.25, 0.3) is 0 Å². The predicted molar refractivity (Wildman–Crippen MR) is 74.2 cm³/mol. The van der Waals surface area contributed by atoms with Crippen LogP contribution in [0.3, 0.4) is 0 Å². The fourth-order valence-corrected chi connectivity index (χ4v) is 2.20. The first-order valence-electron chi connectivity index (χ1n) is 6.92. The van der Waals surface area contributed by atoms with Crippen molar-refractivity contribution in [3.63, 3.8) is 0 Å². The van der Waals surface area contributed by atoms with E-state index in [2.05, 4.69) is 15.6 Å². The van der Waals surface area contributed by atoms with E-state index in [-0.39, 0.29) is 12.1 Å². The molecule has 1 fully saturated rings. The van der Waals surface area contributed by atoms with Gasteiger partial charge in [-0.2, -0.15) is 0 Å². The van der Waals surface area contributed by atoms with E-state index < -0.39 is 5.60 Å². The first-order chi connectivity index (χ1) is 9.39. The normalized spacial score (nSPS) is 19.4. The van der Waals surface area contributed by atoms with Gasteiger partial charge >= 0.3 is 6.09 Å². The second-order valence-corrected chi connectivity index (χ2v) is 6.09. The van der Waals surface area contributed by atoms with Crippen LogP contribution in [0.25, 0.3) is 0 Å². The molecular formula is C13H23N5O2. The highest BCUT2D eigenvalue weighted by Gasteiger charge is 2.31. The van der Waals surface area contributed by atoms with Crippen LogP contribution in [-0.4, -0.2) is 51.7 Å². The number of aromatic nitrogens is 3. The summed E-state index contributed by atoms with van der Waals surface area (Å²) in [5.74, 6) is 0. The van der Waals surface area contributed by atoms with Gasteiger partial charge in [-0.25, -0.2) is 9.48 Å². The van der Waals surface area contributed by atoms with Crippen LogP contribution in [0.5, 0.6) is 0 Å². The lowest BCUT2D eigenvalue weighted by atomic mass is 10.2. The average Bonchev–Trinajstić information content (AvgIpc) is 2.94. The topological polar surface area (TPSA) is 72.3 Å². The number of amides is 1. The average molecular weight is 281 g/mol. The lowest BCUT2D eigenvalue weighted by Gasteiger charge is -2.24. The zero-order valence-corrected chi connectivity index (χ0v) is 12.6. The van der Waals surface area contributed by atoms with Crippen LogP contribution in [0.4, 0.5) is 4.79 Å². The number of hydrogen-bond donors (Lipinski definition) is 1. The van der Waals surface area contributed by atoms with E-state index in [0.29, 0.717) is 19.6 Å². The standard InChI is InChI=1S/C13H23N5O2/c1-13(2,3)20-12(19)17-6-5-11(9-17)18-8-10(7-14-4)15-16-18/h8,11,14H,5-7,9H2,1-4H3. The van der Waals surface area contributed by atoms with Gasteiger partial charge in [-0.1, -0.05) is 5.21 Å². The summed E-state index contributed by atoms with van der Waals surface area (Å²) in [6.45, 7) is 7.64. The second kappa shape index (κ2) is 5.78. The van der Waals surface area contributed by atoms with Gasteiger partial charge in [0, 0.05) is 19.6 Å². The van der Waals surface area contributed by atoms with Crippen LogP contribution in [-0.2, 0) is 11.3 Å². The molecular weight excluding hydrogens is 258 g/mol. The number of carbonyl (C=O) groups excluding carboxylic acids is 1. The van der Waals surface area contributed by atoms with E-state index in [1.807, 2.05) is 38.7 Å². The largest absolute Gasteiger partial charge is 0.444 e. The van der Waals surface area contributed by atoms with Crippen molar-refractivity contribution >= 4 is 6.09 Å². The molecule has 2 heterocycles. The summed E-state index contributed by atoms with van der Waals surface area (Å²) in [6, 6.07) is 0.181. The summed E-state index contributed by atoms with van der Waals surface area (Å²) >= 11 is 0. The molecule has 1 aliphatic heterocycles. The molecule has 1 N–H and O–H groups in total. The van der Waals surface area contributed by atoms with Gasteiger partial charge in [0.1, 0.15) is 5.60 Å². The zero-order valence-electron chi connectivity index (χ0n) is 12.6. The number of carbonyl (C=O) groups is 1. The molecule has 7 heteroatoms.